The highest BCUT2D eigenvalue weighted by atomic mass is 32.2. The van der Waals surface area contributed by atoms with Crippen LogP contribution in [0.2, 0.25) is 0 Å². The first-order valence-corrected chi connectivity index (χ1v) is 14.9. The lowest BCUT2D eigenvalue weighted by Crippen LogP contribution is -2.30. The molecule has 3 unspecified atom stereocenters. The molecule has 186 valence electrons. The molecular weight excluding hydrogens is 466 g/mol. The SMILES string of the molecule is CCSCCN.CSCC(O)CO.CSCCC(N)C(=O)O.CSCCC(N)CO. The Bertz CT molecular complexity index is 322. The fraction of sp³-hybridized carbons (Fsp3) is 0.944. The number of aliphatic carboxylic acids is 1. The maximum absolute atomic E-state index is 10.1. The summed E-state index contributed by atoms with van der Waals surface area (Å²) in [5, 5.41) is 33.5. The van der Waals surface area contributed by atoms with Gasteiger partial charge in [-0.3, -0.25) is 4.79 Å². The van der Waals surface area contributed by atoms with Crippen LogP contribution in [0.4, 0.5) is 0 Å². The molecule has 10 N–H and O–H groups in total. The van der Waals surface area contributed by atoms with Crippen molar-refractivity contribution >= 4 is 53.0 Å². The van der Waals surface area contributed by atoms with Crippen LogP contribution in [0.1, 0.15) is 19.8 Å². The third-order valence-electron chi connectivity index (χ3n) is 2.91. The van der Waals surface area contributed by atoms with Gasteiger partial charge in [0.25, 0.3) is 0 Å². The minimum absolute atomic E-state index is 0.0116. The van der Waals surface area contributed by atoms with Gasteiger partial charge >= 0.3 is 5.97 Å². The largest absolute Gasteiger partial charge is 0.480 e. The van der Waals surface area contributed by atoms with Crippen molar-refractivity contribution in [2.24, 2.45) is 17.2 Å². The van der Waals surface area contributed by atoms with Crippen molar-refractivity contribution in [3.05, 3.63) is 0 Å². The number of carbonyl (C=O) groups is 1. The second-order valence-electron chi connectivity index (χ2n) is 5.73. The zero-order valence-electron chi connectivity index (χ0n) is 18.9. The first kappa shape index (κ1) is 37.9. The van der Waals surface area contributed by atoms with Crippen LogP contribution in [0.5, 0.6) is 0 Å². The number of nitrogens with two attached hydrogens (primary N) is 3. The van der Waals surface area contributed by atoms with E-state index in [0.717, 1.165) is 30.2 Å². The van der Waals surface area contributed by atoms with Crippen molar-refractivity contribution in [3.8, 4) is 0 Å². The van der Waals surface area contributed by atoms with E-state index in [9.17, 15) is 4.79 Å². The molecule has 0 saturated carbocycles. The standard InChI is InChI=1S/C5H11NO2S.C5H13NOS.C4H11NS.C4H10O2S/c1-9-3-2-4(6)5(7)8;1-8-3-2-5(6)4-7;1-2-6-4-3-5;1-7-3-4(6)2-5/h4H,2-3,6H2,1H3,(H,7,8);5,7H,2-4,6H2,1H3;2-5H2,1H3;4-6H,2-3H2,1H3. The minimum atomic E-state index is -0.913. The first-order chi connectivity index (χ1) is 14.2. The predicted octanol–water partition coefficient (Wildman–Crippen LogP) is 0.611. The van der Waals surface area contributed by atoms with Crippen LogP contribution >= 0.6 is 47.0 Å². The monoisotopic (exact) mass is 511 g/mol. The van der Waals surface area contributed by atoms with Gasteiger partial charge in [0.05, 0.1) is 19.3 Å². The number of aliphatic hydroxyl groups is 3. The average Bonchev–Trinajstić information content (AvgIpc) is 2.75. The highest BCUT2D eigenvalue weighted by Gasteiger charge is 2.08. The number of aliphatic hydroxyl groups excluding tert-OH is 3. The molecule has 8 nitrogen and oxygen atoms in total. The second-order valence-corrected chi connectivity index (χ2v) is 10.0. The van der Waals surface area contributed by atoms with E-state index in [0.29, 0.717) is 12.2 Å². The third-order valence-corrected chi connectivity index (χ3v) is 5.85. The van der Waals surface area contributed by atoms with Gasteiger partial charge in [-0.05, 0) is 48.9 Å². The Morgan fingerprint density at radius 1 is 0.933 bits per heavy atom. The molecule has 0 aliphatic heterocycles. The van der Waals surface area contributed by atoms with Crippen LogP contribution in [-0.4, -0.2) is 112 Å². The number of carboxylic acids is 1. The molecule has 30 heavy (non-hydrogen) atoms. The topological polar surface area (TPSA) is 176 Å². The highest BCUT2D eigenvalue weighted by Crippen LogP contribution is 1.98. The molecule has 0 radical (unpaired) electrons. The second kappa shape index (κ2) is 34.2. The zero-order chi connectivity index (χ0) is 24.2. The van der Waals surface area contributed by atoms with Crippen molar-refractivity contribution < 1.29 is 25.2 Å². The summed E-state index contributed by atoms with van der Waals surface area (Å²) in [5.41, 5.74) is 15.8. The molecule has 0 aromatic rings. The summed E-state index contributed by atoms with van der Waals surface area (Å²) in [5.74, 6) is 3.86. The predicted molar refractivity (Wildman–Crippen MR) is 140 cm³/mol. The Morgan fingerprint density at radius 3 is 1.73 bits per heavy atom. The minimum Gasteiger partial charge on any atom is -0.480 e. The normalized spacial score (nSPS) is 12.7. The summed E-state index contributed by atoms with van der Waals surface area (Å²) in [6.45, 7) is 2.94. The number of thioether (sulfide) groups is 4. The van der Waals surface area contributed by atoms with E-state index in [1.807, 2.05) is 30.5 Å². The lowest BCUT2D eigenvalue weighted by Gasteiger charge is -2.03. The van der Waals surface area contributed by atoms with Crippen molar-refractivity contribution in [3.63, 3.8) is 0 Å². The molecule has 0 saturated heterocycles. The van der Waals surface area contributed by atoms with Gasteiger partial charge < -0.3 is 37.6 Å². The Morgan fingerprint density at radius 2 is 1.47 bits per heavy atom. The van der Waals surface area contributed by atoms with E-state index in [1.54, 1.807) is 23.5 Å². The Hall–Kier alpha value is 0.630. The summed E-state index contributed by atoms with van der Waals surface area (Å²) < 4.78 is 0. The van der Waals surface area contributed by atoms with E-state index < -0.39 is 18.1 Å². The molecule has 0 aromatic heterocycles. The van der Waals surface area contributed by atoms with Gasteiger partial charge in [-0.25, -0.2) is 0 Å². The van der Waals surface area contributed by atoms with E-state index in [4.69, 9.17) is 37.6 Å². The van der Waals surface area contributed by atoms with Gasteiger partial charge in [0.2, 0.25) is 0 Å². The van der Waals surface area contributed by atoms with Crippen LogP contribution in [0.15, 0.2) is 0 Å². The molecule has 0 heterocycles. The van der Waals surface area contributed by atoms with E-state index in [1.165, 1.54) is 17.5 Å². The maximum Gasteiger partial charge on any atom is 0.320 e. The fourth-order valence-corrected chi connectivity index (χ4v) is 3.18. The molecule has 0 amide bonds. The average molecular weight is 512 g/mol. The summed E-state index contributed by atoms with van der Waals surface area (Å²) >= 11 is 6.77. The van der Waals surface area contributed by atoms with Gasteiger partial charge in [0.1, 0.15) is 6.04 Å². The summed E-state index contributed by atoms with van der Waals surface area (Å²) in [6.07, 6.45) is 6.78. The molecule has 12 heteroatoms. The highest BCUT2D eigenvalue weighted by molar-refractivity contribution is 7.99. The quantitative estimate of drug-likeness (QED) is 0.162. The van der Waals surface area contributed by atoms with Gasteiger partial charge in [-0.15, -0.1) is 0 Å². The van der Waals surface area contributed by atoms with Gasteiger partial charge in [-0.1, -0.05) is 6.92 Å². The van der Waals surface area contributed by atoms with E-state index >= 15 is 0 Å². The van der Waals surface area contributed by atoms with Crippen molar-refractivity contribution in [2.45, 2.75) is 38.0 Å². The Labute approximate surface area is 200 Å². The lowest BCUT2D eigenvalue weighted by molar-refractivity contribution is -0.138. The van der Waals surface area contributed by atoms with Crippen LogP contribution < -0.4 is 17.2 Å². The van der Waals surface area contributed by atoms with Gasteiger partial charge in [-0.2, -0.15) is 47.0 Å². The maximum atomic E-state index is 10.1. The molecule has 0 aromatic carbocycles. The van der Waals surface area contributed by atoms with Crippen LogP contribution in [0, 0.1) is 0 Å². The third kappa shape index (κ3) is 42.7. The van der Waals surface area contributed by atoms with Crippen molar-refractivity contribution in [2.75, 3.05) is 67.3 Å². The Balaban J connectivity index is -0.000000152. The summed E-state index contributed by atoms with van der Waals surface area (Å²) in [6, 6.07) is -0.695. The smallest absolute Gasteiger partial charge is 0.320 e. The summed E-state index contributed by atoms with van der Waals surface area (Å²) in [4.78, 5) is 10.1. The van der Waals surface area contributed by atoms with Gasteiger partial charge in [0, 0.05) is 24.1 Å². The van der Waals surface area contributed by atoms with Crippen LogP contribution in [-0.2, 0) is 4.79 Å². The number of hydrogen-bond donors (Lipinski definition) is 7. The van der Waals surface area contributed by atoms with E-state index in [-0.39, 0.29) is 19.3 Å². The fourth-order valence-electron chi connectivity index (χ4n) is 1.20. The molecule has 0 bridgehead atoms. The number of hydrogen-bond acceptors (Lipinski definition) is 11. The zero-order valence-corrected chi connectivity index (χ0v) is 22.1. The molecule has 0 spiro atoms. The lowest BCUT2D eigenvalue weighted by atomic mass is 10.2. The number of rotatable bonds is 14. The molecule has 0 aliphatic carbocycles. The molecule has 0 aliphatic rings. The molecular formula is C18H45N3O5S4. The van der Waals surface area contributed by atoms with Gasteiger partial charge in [0.15, 0.2) is 0 Å². The summed E-state index contributed by atoms with van der Waals surface area (Å²) in [7, 11) is 0. The van der Waals surface area contributed by atoms with Crippen LogP contribution in [0.25, 0.3) is 0 Å². The number of carboxylic acid groups (broad SMARTS) is 1. The Kier molecular flexibility index (Phi) is 43.3. The molecule has 0 fully saturated rings. The van der Waals surface area contributed by atoms with Crippen molar-refractivity contribution in [1.82, 2.24) is 0 Å². The molecule has 0 rings (SSSR count). The molecule has 3 atom stereocenters. The van der Waals surface area contributed by atoms with E-state index in [2.05, 4.69) is 6.92 Å². The first-order valence-electron chi connectivity index (χ1n) is 9.60. The van der Waals surface area contributed by atoms with Crippen molar-refractivity contribution in [1.29, 1.82) is 0 Å². The van der Waals surface area contributed by atoms with Crippen LogP contribution in [0.3, 0.4) is 0 Å².